The molecule has 0 atom stereocenters. The molecule has 4 nitrogen and oxygen atoms in total. The van der Waals surface area contributed by atoms with Gasteiger partial charge in [0, 0.05) is 19.7 Å². The predicted octanol–water partition coefficient (Wildman–Crippen LogP) is 2.98. The van der Waals surface area contributed by atoms with Crippen LogP contribution in [0.25, 0.3) is 11.4 Å². The third kappa shape index (κ3) is 2.67. The van der Waals surface area contributed by atoms with E-state index >= 15 is 0 Å². The lowest BCUT2D eigenvalue weighted by molar-refractivity contribution is 0.940. The molecular weight excluding hydrogens is 292 g/mol. The van der Waals surface area contributed by atoms with Gasteiger partial charge in [-0.25, -0.2) is 4.98 Å². The van der Waals surface area contributed by atoms with E-state index in [1.807, 2.05) is 19.0 Å². The zero-order valence-corrected chi connectivity index (χ0v) is 12.5. The molecule has 0 aliphatic heterocycles. The smallest absolute Gasteiger partial charge is 0.229 e. The number of hydrogen-bond acceptors (Lipinski definition) is 4. The third-order valence-corrected chi connectivity index (χ3v) is 2.98. The van der Waals surface area contributed by atoms with Gasteiger partial charge in [0.05, 0.1) is 0 Å². The van der Waals surface area contributed by atoms with Crippen molar-refractivity contribution in [1.82, 2.24) is 15.0 Å². The van der Waals surface area contributed by atoms with E-state index in [9.17, 15) is 0 Å². The summed E-state index contributed by atoms with van der Waals surface area (Å²) in [6, 6.07) is 6.26. The Morgan fingerprint density at radius 3 is 2.44 bits per heavy atom. The summed E-state index contributed by atoms with van der Waals surface area (Å²) < 4.78 is 0.553. The van der Waals surface area contributed by atoms with Gasteiger partial charge in [0.1, 0.15) is 0 Å². The van der Waals surface area contributed by atoms with Crippen LogP contribution in [0.1, 0.15) is 11.1 Å². The maximum Gasteiger partial charge on any atom is 0.229 e. The van der Waals surface area contributed by atoms with Crippen molar-refractivity contribution >= 4 is 21.9 Å². The van der Waals surface area contributed by atoms with Crippen LogP contribution in [0.2, 0.25) is 0 Å². The van der Waals surface area contributed by atoms with E-state index in [1.165, 1.54) is 5.56 Å². The van der Waals surface area contributed by atoms with Crippen LogP contribution in [-0.2, 0) is 0 Å². The Bertz CT molecular complexity index is 581. The third-order valence-electron chi connectivity index (χ3n) is 2.63. The highest BCUT2D eigenvalue weighted by molar-refractivity contribution is 9.10. The molecule has 0 fully saturated rings. The largest absolute Gasteiger partial charge is 0.347 e. The summed E-state index contributed by atoms with van der Waals surface area (Å²) in [5.41, 5.74) is 3.39. The SMILES string of the molecule is Cc1ccc(C)c(-c2nc(Br)nc(N(C)C)n2)c1. The number of benzene rings is 1. The summed E-state index contributed by atoms with van der Waals surface area (Å²) >= 11 is 3.33. The number of rotatable bonds is 2. The average molecular weight is 307 g/mol. The Morgan fingerprint density at radius 2 is 1.78 bits per heavy atom. The zero-order chi connectivity index (χ0) is 13.3. The molecule has 0 saturated carbocycles. The summed E-state index contributed by atoms with van der Waals surface area (Å²) in [6.07, 6.45) is 0. The molecule has 2 rings (SSSR count). The van der Waals surface area contributed by atoms with E-state index < -0.39 is 0 Å². The summed E-state index contributed by atoms with van der Waals surface area (Å²) in [6.45, 7) is 4.12. The van der Waals surface area contributed by atoms with Gasteiger partial charge in [-0.2, -0.15) is 9.97 Å². The van der Waals surface area contributed by atoms with Crippen molar-refractivity contribution in [2.24, 2.45) is 0 Å². The van der Waals surface area contributed by atoms with Crippen molar-refractivity contribution in [3.63, 3.8) is 0 Å². The Hall–Kier alpha value is -1.49. The molecule has 0 radical (unpaired) electrons. The molecule has 1 aromatic carbocycles. The lowest BCUT2D eigenvalue weighted by Gasteiger charge is -2.12. The van der Waals surface area contributed by atoms with Crippen molar-refractivity contribution in [1.29, 1.82) is 0 Å². The van der Waals surface area contributed by atoms with Crippen LogP contribution in [0.4, 0.5) is 5.95 Å². The summed E-state index contributed by atoms with van der Waals surface area (Å²) in [4.78, 5) is 14.9. The van der Waals surface area contributed by atoms with E-state index in [4.69, 9.17) is 0 Å². The molecule has 0 unspecified atom stereocenters. The molecule has 1 heterocycles. The number of aryl methyl sites for hydroxylation is 2. The first-order chi connectivity index (χ1) is 8.47. The van der Waals surface area contributed by atoms with Gasteiger partial charge in [-0.05, 0) is 41.4 Å². The number of hydrogen-bond donors (Lipinski definition) is 0. The normalized spacial score (nSPS) is 10.5. The Balaban J connectivity index is 2.60. The maximum absolute atomic E-state index is 4.48. The lowest BCUT2D eigenvalue weighted by atomic mass is 10.1. The number of anilines is 1. The molecule has 0 aliphatic rings. The highest BCUT2D eigenvalue weighted by atomic mass is 79.9. The van der Waals surface area contributed by atoms with Crippen LogP contribution >= 0.6 is 15.9 Å². The van der Waals surface area contributed by atoms with Gasteiger partial charge in [0.15, 0.2) is 5.82 Å². The van der Waals surface area contributed by atoms with Crippen molar-refractivity contribution in [2.75, 3.05) is 19.0 Å². The molecule has 0 saturated heterocycles. The van der Waals surface area contributed by atoms with Crippen molar-refractivity contribution in [2.45, 2.75) is 13.8 Å². The van der Waals surface area contributed by atoms with E-state index in [1.54, 1.807) is 0 Å². The molecule has 1 aromatic heterocycles. The van der Waals surface area contributed by atoms with Gasteiger partial charge in [-0.3, -0.25) is 0 Å². The molecule has 5 heteroatoms. The quantitative estimate of drug-likeness (QED) is 0.855. The monoisotopic (exact) mass is 306 g/mol. The number of nitrogens with zero attached hydrogens (tertiary/aromatic N) is 4. The van der Waals surface area contributed by atoms with Gasteiger partial charge < -0.3 is 4.90 Å². The van der Waals surface area contributed by atoms with Crippen LogP contribution in [0.5, 0.6) is 0 Å². The van der Waals surface area contributed by atoms with E-state index in [-0.39, 0.29) is 0 Å². The molecule has 0 amide bonds. The first kappa shape index (κ1) is 13.0. The number of halogens is 1. The lowest BCUT2D eigenvalue weighted by Crippen LogP contribution is -2.14. The predicted molar refractivity (Wildman–Crippen MR) is 76.8 cm³/mol. The first-order valence-electron chi connectivity index (χ1n) is 5.64. The van der Waals surface area contributed by atoms with E-state index in [0.29, 0.717) is 16.5 Å². The minimum Gasteiger partial charge on any atom is -0.347 e. The fourth-order valence-electron chi connectivity index (χ4n) is 1.64. The van der Waals surface area contributed by atoms with E-state index in [0.717, 1.165) is 11.1 Å². The summed E-state index contributed by atoms with van der Waals surface area (Å²) in [7, 11) is 3.82. The van der Waals surface area contributed by atoms with Gasteiger partial charge in [-0.15, -0.1) is 0 Å². The molecule has 2 aromatic rings. The highest BCUT2D eigenvalue weighted by Crippen LogP contribution is 2.23. The fourth-order valence-corrected chi connectivity index (χ4v) is 1.96. The topological polar surface area (TPSA) is 41.9 Å². The van der Waals surface area contributed by atoms with Gasteiger partial charge in [0.2, 0.25) is 10.7 Å². The Morgan fingerprint density at radius 1 is 1.06 bits per heavy atom. The number of aromatic nitrogens is 3. The van der Waals surface area contributed by atoms with Gasteiger partial charge in [-0.1, -0.05) is 17.7 Å². The van der Waals surface area contributed by atoms with Crippen molar-refractivity contribution < 1.29 is 0 Å². The summed E-state index contributed by atoms with van der Waals surface area (Å²) in [5.74, 6) is 1.34. The average Bonchev–Trinajstić information content (AvgIpc) is 2.31. The van der Waals surface area contributed by atoms with Crippen LogP contribution < -0.4 is 4.90 Å². The second-order valence-corrected chi connectivity index (χ2v) is 5.15. The minimum absolute atomic E-state index is 0.553. The zero-order valence-electron chi connectivity index (χ0n) is 10.9. The molecule has 94 valence electrons. The fraction of sp³-hybridized carbons (Fsp3) is 0.308. The maximum atomic E-state index is 4.48. The van der Waals surface area contributed by atoms with E-state index in [2.05, 4.69) is 62.9 Å². The van der Waals surface area contributed by atoms with Crippen molar-refractivity contribution in [3.05, 3.63) is 34.1 Å². The highest BCUT2D eigenvalue weighted by Gasteiger charge is 2.10. The minimum atomic E-state index is 0.553. The molecular formula is C13H15BrN4. The molecule has 0 aliphatic carbocycles. The van der Waals surface area contributed by atoms with Gasteiger partial charge >= 0.3 is 0 Å². The molecule has 0 spiro atoms. The van der Waals surface area contributed by atoms with Crippen LogP contribution in [0.3, 0.4) is 0 Å². The molecule has 0 bridgehead atoms. The second-order valence-electron chi connectivity index (χ2n) is 4.44. The first-order valence-corrected chi connectivity index (χ1v) is 6.43. The summed E-state index contributed by atoms with van der Waals surface area (Å²) in [5, 5.41) is 0. The standard InChI is InChI=1S/C13H15BrN4/c1-8-5-6-9(2)10(7-8)11-15-12(14)17-13(16-11)18(3)4/h5-7H,1-4H3. The van der Waals surface area contributed by atoms with Crippen LogP contribution in [-0.4, -0.2) is 29.0 Å². The Kier molecular flexibility index (Phi) is 3.61. The van der Waals surface area contributed by atoms with Crippen LogP contribution in [0, 0.1) is 13.8 Å². The van der Waals surface area contributed by atoms with Crippen LogP contribution in [0.15, 0.2) is 22.9 Å². The van der Waals surface area contributed by atoms with Crippen molar-refractivity contribution in [3.8, 4) is 11.4 Å². The Labute approximate surface area is 115 Å². The molecule has 0 N–H and O–H groups in total. The molecule has 18 heavy (non-hydrogen) atoms. The van der Waals surface area contributed by atoms with Gasteiger partial charge in [0.25, 0.3) is 0 Å². The second kappa shape index (κ2) is 5.02.